The third-order valence-electron chi connectivity index (χ3n) is 3.43. The van der Waals surface area contributed by atoms with E-state index in [9.17, 15) is 4.39 Å². The number of aryl methyl sites for hydroxylation is 2. The first-order chi connectivity index (χ1) is 7.75. The lowest BCUT2D eigenvalue weighted by Gasteiger charge is -2.23. The zero-order valence-corrected chi connectivity index (χ0v) is 9.93. The Labute approximate surface area is 97.1 Å². The third-order valence-corrected chi connectivity index (χ3v) is 3.43. The Hall–Kier alpha value is -0.890. The number of hydrogen-bond acceptors (Lipinski definition) is 1. The molecule has 1 nitrogen and oxygen atoms in total. The summed E-state index contributed by atoms with van der Waals surface area (Å²) in [4.78, 5) is 0. The van der Waals surface area contributed by atoms with Crippen LogP contribution in [-0.2, 0) is 6.42 Å². The Morgan fingerprint density at radius 1 is 1.38 bits per heavy atom. The summed E-state index contributed by atoms with van der Waals surface area (Å²) < 4.78 is 13.3. The van der Waals surface area contributed by atoms with Gasteiger partial charge in [0, 0.05) is 6.04 Å². The molecule has 1 saturated heterocycles. The van der Waals surface area contributed by atoms with Gasteiger partial charge in [0.1, 0.15) is 5.82 Å². The van der Waals surface area contributed by atoms with E-state index in [-0.39, 0.29) is 5.82 Å². The molecule has 0 aliphatic carbocycles. The van der Waals surface area contributed by atoms with Gasteiger partial charge in [-0.25, -0.2) is 4.39 Å². The first-order valence-electron chi connectivity index (χ1n) is 6.24. The monoisotopic (exact) mass is 221 g/mol. The number of nitrogens with one attached hydrogen (secondary N) is 1. The van der Waals surface area contributed by atoms with E-state index in [1.807, 2.05) is 19.1 Å². The van der Waals surface area contributed by atoms with Crippen molar-refractivity contribution >= 4 is 0 Å². The van der Waals surface area contributed by atoms with Crippen LogP contribution < -0.4 is 5.32 Å². The van der Waals surface area contributed by atoms with Gasteiger partial charge in [0.15, 0.2) is 0 Å². The lowest BCUT2D eigenvalue weighted by molar-refractivity contribution is 0.382. The molecule has 1 atom stereocenters. The molecule has 0 aromatic heterocycles. The Morgan fingerprint density at radius 3 is 2.94 bits per heavy atom. The summed E-state index contributed by atoms with van der Waals surface area (Å²) in [5.74, 6) is -0.0749. The van der Waals surface area contributed by atoms with E-state index >= 15 is 0 Å². The van der Waals surface area contributed by atoms with Gasteiger partial charge in [-0.05, 0) is 56.3 Å². The van der Waals surface area contributed by atoms with Crippen LogP contribution in [-0.4, -0.2) is 12.6 Å². The summed E-state index contributed by atoms with van der Waals surface area (Å²) in [5.41, 5.74) is 1.86. The quantitative estimate of drug-likeness (QED) is 0.826. The highest BCUT2D eigenvalue weighted by molar-refractivity contribution is 5.23. The summed E-state index contributed by atoms with van der Waals surface area (Å²) in [5, 5.41) is 3.52. The van der Waals surface area contributed by atoms with E-state index < -0.39 is 0 Å². The van der Waals surface area contributed by atoms with Gasteiger partial charge >= 0.3 is 0 Å². The maximum Gasteiger partial charge on any atom is 0.126 e. The van der Waals surface area contributed by atoms with E-state index in [4.69, 9.17) is 0 Å². The summed E-state index contributed by atoms with van der Waals surface area (Å²) in [6, 6.07) is 6.23. The minimum atomic E-state index is -0.0749. The molecule has 16 heavy (non-hydrogen) atoms. The number of benzene rings is 1. The minimum absolute atomic E-state index is 0.0749. The molecular weight excluding hydrogens is 201 g/mol. The Bertz CT molecular complexity index is 343. The zero-order chi connectivity index (χ0) is 11.4. The van der Waals surface area contributed by atoms with Gasteiger partial charge in [0.2, 0.25) is 0 Å². The Kier molecular flexibility index (Phi) is 3.94. The average molecular weight is 221 g/mol. The van der Waals surface area contributed by atoms with Crippen LogP contribution in [0, 0.1) is 12.7 Å². The van der Waals surface area contributed by atoms with Crippen molar-refractivity contribution in [3.05, 3.63) is 35.1 Å². The van der Waals surface area contributed by atoms with Crippen molar-refractivity contribution in [1.29, 1.82) is 0 Å². The Balaban J connectivity index is 1.86. The molecule has 1 aliphatic heterocycles. The smallest absolute Gasteiger partial charge is 0.126 e. The van der Waals surface area contributed by atoms with Crippen molar-refractivity contribution in [2.24, 2.45) is 0 Å². The average Bonchev–Trinajstić information content (AvgIpc) is 2.32. The second kappa shape index (κ2) is 5.44. The van der Waals surface area contributed by atoms with Crippen LogP contribution in [0.2, 0.25) is 0 Å². The topological polar surface area (TPSA) is 12.0 Å². The summed E-state index contributed by atoms with van der Waals surface area (Å²) >= 11 is 0. The zero-order valence-electron chi connectivity index (χ0n) is 9.93. The highest BCUT2D eigenvalue weighted by Gasteiger charge is 2.12. The van der Waals surface area contributed by atoms with Gasteiger partial charge in [-0.15, -0.1) is 0 Å². The van der Waals surface area contributed by atoms with Gasteiger partial charge in [0.05, 0.1) is 0 Å². The lowest BCUT2D eigenvalue weighted by atomic mass is 9.97. The molecule has 0 spiro atoms. The fourth-order valence-corrected chi connectivity index (χ4v) is 2.30. The molecule has 1 N–H and O–H groups in total. The van der Waals surface area contributed by atoms with Crippen LogP contribution >= 0.6 is 0 Å². The Morgan fingerprint density at radius 2 is 2.25 bits per heavy atom. The third kappa shape index (κ3) is 3.05. The van der Waals surface area contributed by atoms with Crippen molar-refractivity contribution < 1.29 is 4.39 Å². The van der Waals surface area contributed by atoms with Crippen LogP contribution in [0.5, 0.6) is 0 Å². The molecule has 0 radical (unpaired) electrons. The molecule has 88 valence electrons. The van der Waals surface area contributed by atoms with Crippen LogP contribution in [0.25, 0.3) is 0 Å². The van der Waals surface area contributed by atoms with E-state index in [1.54, 1.807) is 6.07 Å². The lowest BCUT2D eigenvalue weighted by Crippen LogP contribution is -2.34. The number of rotatable bonds is 3. The molecule has 1 heterocycles. The molecular formula is C14H20FN. The number of piperidine rings is 1. The summed E-state index contributed by atoms with van der Waals surface area (Å²) in [7, 11) is 0. The molecule has 0 saturated carbocycles. The molecule has 1 aromatic rings. The second-order valence-corrected chi connectivity index (χ2v) is 4.77. The first-order valence-corrected chi connectivity index (χ1v) is 6.24. The molecule has 2 rings (SSSR count). The van der Waals surface area contributed by atoms with Crippen LogP contribution in [0.1, 0.15) is 36.8 Å². The van der Waals surface area contributed by atoms with Crippen LogP contribution in [0.4, 0.5) is 4.39 Å². The standard InChI is InChI=1S/C14H20FN/c1-11-5-6-12(10-14(11)15)7-8-13-4-2-3-9-16-13/h5-6,10,13,16H,2-4,7-9H2,1H3. The van der Waals surface area contributed by atoms with E-state index in [0.29, 0.717) is 6.04 Å². The number of halogens is 1. The summed E-state index contributed by atoms with van der Waals surface area (Å²) in [6.07, 6.45) is 6.02. The fraction of sp³-hybridized carbons (Fsp3) is 0.571. The van der Waals surface area contributed by atoms with E-state index in [1.165, 1.54) is 19.3 Å². The van der Waals surface area contributed by atoms with Crippen molar-refractivity contribution in [3.8, 4) is 0 Å². The van der Waals surface area contributed by atoms with Gasteiger partial charge < -0.3 is 5.32 Å². The van der Waals surface area contributed by atoms with Crippen molar-refractivity contribution in [2.45, 2.75) is 45.1 Å². The van der Waals surface area contributed by atoms with E-state index in [0.717, 1.165) is 30.5 Å². The molecule has 2 heteroatoms. The maximum atomic E-state index is 13.3. The fourth-order valence-electron chi connectivity index (χ4n) is 2.30. The maximum absolute atomic E-state index is 13.3. The van der Waals surface area contributed by atoms with Gasteiger partial charge in [-0.1, -0.05) is 18.6 Å². The van der Waals surface area contributed by atoms with Crippen molar-refractivity contribution in [3.63, 3.8) is 0 Å². The van der Waals surface area contributed by atoms with Gasteiger partial charge in [-0.2, -0.15) is 0 Å². The normalized spacial score (nSPS) is 21.0. The number of hydrogen-bond donors (Lipinski definition) is 1. The first kappa shape index (κ1) is 11.6. The second-order valence-electron chi connectivity index (χ2n) is 4.77. The SMILES string of the molecule is Cc1ccc(CCC2CCCCN2)cc1F. The van der Waals surface area contributed by atoms with Gasteiger partial charge in [0.25, 0.3) is 0 Å². The molecule has 1 fully saturated rings. The van der Waals surface area contributed by atoms with E-state index in [2.05, 4.69) is 5.32 Å². The predicted molar refractivity (Wildman–Crippen MR) is 65.1 cm³/mol. The highest BCUT2D eigenvalue weighted by atomic mass is 19.1. The van der Waals surface area contributed by atoms with Gasteiger partial charge in [-0.3, -0.25) is 0 Å². The molecule has 1 aromatic carbocycles. The van der Waals surface area contributed by atoms with Crippen molar-refractivity contribution in [1.82, 2.24) is 5.32 Å². The minimum Gasteiger partial charge on any atom is -0.314 e. The predicted octanol–water partition coefficient (Wildman–Crippen LogP) is 3.21. The largest absolute Gasteiger partial charge is 0.314 e. The molecule has 0 amide bonds. The molecule has 1 aliphatic rings. The highest BCUT2D eigenvalue weighted by Crippen LogP contribution is 2.15. The van der Waals surface area contributed by atoms with Crippen LogP contribution in [0.15, 0.2) is 18.2 Å². The molecule has 1 unspecified atom stereocenters. The summed E-state index contributed by atoms with van der Waals surface area (Å²) in [6.45, 7) is 2.95. The van der Waals surface area contributed by atoms with Crippen molar-refractivity contribution in [2.75, 3.05) is 6.54 Å². The molecule has 0 bridgehead atoms. The van der Waals surface area contributed by atoms with Crippen LogP contribution in [0.3, 0.4) is 0 Å².